The summed E-state index contributed by atoms with van der Waals surface area (Å²) in [6, 6.07) is 9.57. The minimum atomic E-state index is -0.283. The Labute approximate surface area is 178 Å². The first-order valence-electron chi connectivity index (χ1n) is 10.1. The summed E-state index contributed by atoms with van der Waals surface area (Å²) in [5, 5.41) is 0.973. The third kappa shape index (κ3) is 2.84. The zero-order chi connectivity index (χ0) is 21.2. The molecule has 0 unspecified atom stereocenters. The number of nitrogen functional groups attached to an aromatic ring is 1. The van der Waals surface area contributed by atoms with Crippen LogP contribution in [-0.4, -0.2) is 20.2 Å². The van der Waals surface area contributed by atoms with E-state index >= 15 is 0 Å². The molecule has 0 atom stereocenters. The second-order valence-electron chi connectivity index (χ2n) is 8.77. The van der Waals surface area contributed by atoms with Crippen molar-refractivity contribution in [2.45, 2.75) is 52.2 Å². The summed E-state index contributed by atoms with van der Waals surface area (Å²) in [7, 11) is 0. The molecule has 154 valence electrons. The summed E-state index contributed by atoms with van der Waals surface area (Å²) in [6.07, 6.45) is 0.751. The number of thiophene rings is 1. The number of nitrogens with zero attached hydrogens (tertiary/aromatic N) is 3. The first kappa shape index (κ1) is 19.2. The van der Waals surface area contributed by atoms with Crippen molar-refractivity contribution in [2.75, 3.05) is 5.84 Å². The van der Waals surface area contributed by atoms with Crippen molar-refractivity contribution >= 4 is 31.8 Å². The summed E-state index contributed by atoms with van der Waals surface area (Å²) in [5.41, 5.74) is 4.35. The minimum absolute atomic E-state index is 0.243. The van der Waals surface area contributed by atoms with Crippen LogP contribution in [0.4, 0.5) is 0 Å². The van der Waals surface area contributed by atoms with Gasteiger partial charge in [-0.1, -0.05) is 44.2 Å². The molecule has 0 bridgehead atoms. The van der Waals surface area contributed by atoms with Crippen molar-refractivity contribution in [3.8, 4) is 11.4 Å². The standard InChI is InChI=1S/C23H24N4O2S/c1-12(2)17-15-11-29-23(3,4)10-14(15)16-18-19(30-21(16)26-17)22(28)27(24)20(25-18)13-8-6-5-7-9-13/h5-9,12H,10-11,24H2,1-4H3. The van der Waals surface area contributed by atoms with Gasteiger partial charge in [-0.3, -0.25) is 4.79 Å². The van der Waals surface area contributed by atoms with Crippen molar-refractivity contribution in [3.63, 3.8) is 0 Å². The SMILES string of the molecule is CC(C)c1nc2sc3c(=O)n(N)c(-c4ccccc4)nc3c2c2c1COC(C)(C)C2. The van der Waals surface area contributed by atoms with Gasteiger partial charge in [0, 0.05) is 22.9 Å². The molecule has 2 N–H and O–H groups in total. The van der Waals surface area contributed by atoms with E-state index < -0.39 is 0 Å². The third-order valence-corrected chi connectivity index (χ3v) is 6.77. The van der Waals surface area contributed by atoms with Gasteiger partial charge in [0.2, 0.25) is 0 Å². The summed E-state index contributed by atoms with van der Waals surface area (Å²) >= 11 is 1.38. The Balaban J connectivity index is 1.92. The zero-order valence-corrected chi connectivity index (χ0v) is 18.3. The largest absolute Gasteiger partial charge is 0.370 e. The van der Waals surface area contributed by atoms with Gasteiger partial charge in [-0.15, -0.1) is 11.3 Å². The van der Waals surface area contributed by atoms with Crippen molar-refractivity contribution in [3.05, 3.63) is 57.5 Å². The Morgan fingerprint density at radius 3 is 2.60 bits per heavy atom. The van der Waals surface area contributed by atoms with Crippen LogP contribution in [0.1, 0.15) is 50.4 Å². The minimum Gasteiger partial charge on any atom is -0.370 e. The first-order chi connectivity index (χ1) is 14.3. The Bertz CT molecular complexity index is 1350. The van der Waals surface area contributed by atoms with Crippen LogP contribution in [0.5, 0.6) is 0 Å². The Kier molecular flexibility index (Phi) is 4.24. The van der Waals surface area contributed by atoms with Crippen molar-refractivity contribution in [2.24, 2.45) is 0 Å². The number of rotatable bonds is 2. The number of ether oxygens (including phenoxy) is 1. The molecule has 0 saturated carbocycles. The molecule has 0 radical (unpaired) electrons. The fourth-order valence-electron chi connectivity index (χ4n) is 4.23. The number of aromatic nitrogens is 3. The highest BCUT2D eigenvalue weighted by Gasteiger charge is 2.32. The van der Waals surface area contributed by atoms with Crippen LogP contribution in [0.15, 0.2) is 35.1 Å². The maximum absolute atomic E-state index is 13.2. The average molecular weight is 421 g/mol. The van der Waals surface area contributed by atoms with Crippen molar-refractivity contribution in [1.29, 1.82) is 0 Å². The van der Waals surface area contributed by atoms with Crippen LogP contribution >= 0.6 is 11.3 Å². The maximum atomic E-state index is 13.2. The van der Waals surface area contributed by atoms with Gasteiger partial charge in [-0.05, 0) is 25.3 Å². The molecule has 4 aromatic rings. The fourth-order valence-corrected chi connectivity index (χ4v) is 5.32. The second-order valence-corrected chi connectivity index (χ2v) is 9.77. The Morgan fingerprint density at radius 1 is 1.17 bits per heavy atom. The topological polar surface area (TPSA) is 83.0 Å². The average Bonchev–Trinajstić information content (AvgIpc) is 3.09. The molecule has 7 heteroatoms. The number of benzene rings is 1. The van der Waals surface area contributed by atoms with Gasteiger partial charge in [0.1, 0.15) is 9.53 Å². The predicted octanol–water partition coefficient (Wildman–Crippen LogP) is 4.36. The molecule has 1 aliphatic rings. The van der Waals surface area contributed by atoms with E-state index in [0.29, 0.717) is 22.6 Å². The van der Waals surface area contributed by atoms with Crippen LogP contribution < -0.4 is 11.4 Å². The van der Waals surface area contributed by atoms with Crippen LogP contribution in [0, 0.1) is 0 Å². The van der Waals surface area contributed by atoms with Crippen LogP contribution in [0.3, 0.4) is 0 Å². The lowest BCUT2D eigenvalue weighted by molar-refractivity contribution is -0.0402. The molecule has 6 nitrogen and oxygen atoms in total. The van der Waals surface area contributed by atoms with Crippen molar-refractivity contribution < 1.29 is 4.74 Å². The highest BCUT2D eigenvalue weighted by atomic mass is 32.1. The number of fused-ring (bicyclic) bond motifs is 5. The molecule has 0 spiro atoms. The lowest BCUT2D eigenvalue weighted by Crippen LogP contribution is -2.33. The van der Waals surface area contributed by atoms with E-state index in [2.05, 4.69) is 27.7 Å². The molecule has 0 fully saturated rings. The first-order valence-corrected chi connectivity index (χ1v) is 10.9. The third-order valence-electron chi connectivity index (χ3n) is 5.71. The highest BCUT2D eigenvalue weighted by molar-refractivity contribution is 7.25. The van der Waals surface area contributed by atoms with E-state index in [4.69, 9.17) is 20.5 Å². The van der Waals surface area contributed by atoms with Gasteiger partial charge in [0.25, 0.3) is 5.56 Å². The molecule has 0 aliphatic carbocycles. The molecule has 5 rings (SSSR count). The van der Waals surface area contributed by atoms with E-state index in [-0.39, 0.29) is 17.1 Å². The summed E-state index contributed by atoms with van der Waals surface area (Å²) in [4.78, 5) is 23.9. The molecule has 0 amide bonds. The normalized spacial score (nSPS) is 15.8. The summed E-state index contributed by atoms with van der Waals surface area (Å²) in [6.45, 7) is 9.00. The van der Waals surface area contributed by atoms with Gasteiger partial charge < -0.3 is 10.6 Å². The fraction of sp³-hybridized carbons (Fsp3) is 0.348. The Morgan fingerprint density at radius 2 is 1.90 bits per heavy atom. The maximum Gasteiger partial charge on any atom is 0.290 e. The second kappa shape index (κ2) is 6.62. The van der Waals surface area contributed by atoms with E-state index in [1.807, 2.05) is 30.3 Å². The lowest BCUT2D eigenvalue weighted by Gasteiger charge is -2.33. The molecule has 1 aliphatic heterocycles. The van der Waals surface area contributed by atoms with Gasteiger partial charge in [0.15, 0.2) is 5.82 Å². The zero-order valence-electron chi connectivity index (χ0n) is 17.5. The lowest BCUT2D eigenvalue weighted by atomic mass is 9.87. The van der Waals surface area contributed by atoms with Crippen molar-refractivity contribution in [1.82, 2.24) is 14.6 Å². The number of pyridine rings is 1. The van der Waals surface area contributed by atoms with Crippen LogP contribution in [0.25, 0.3) is 31.8 Å². The number of hydrogen-bond acceptors (Lipinski definition) is 6. The van der Waals surface area contributed by atoms with E-state index in [1.165, 1.54) is 16.9 Å². The molecule has 4 heterocycles. The quantitative estimate of drug-likeness (QED) is 0.487. The highest BCUT2D eigenvalue weighted by Crippen LogP contribution is 2.41. The molecule has 1 aromatic carbocycles. The molecular weight excluding hydrogens is 396 g/mol. The molecule has 3 aromatic heterocycles. The summed E-state index contributed by atoms with van der Waals surface area (Å²) in [5.74, 6) is 6.89. The predicted molar refractivity (Wildman–Crippen MR) is 121 cm³/mol. The van der Waals surface area contributed by atoms with Crippen LogP contribution in [-0.2, 0) is 17.8 Å². The summed E-state index contributed by atoms with van der Waals surface area (Å²) < 4.78 is 7.81. The van der Waals surface area contributed by atoms with E-state index in [1.54, 1.807) is 0 Å². The molecular formula is C23H24N4O2S. The smallest absolute Gasteiger partial charge is 0.290 e. The van der Waals surface area contributed by atoms with E-state index in [9.17, 15) is 4.79 Å². The molecule has 30 heavy (non-hydrogen) atoms. The van der Waals surface area contributed by atoms with E-state index in [0.717, 1.165) is 38.1 Å². The molecule has 0 saturated heterocycles. The Hall–Kier alpha value is -2.77. The van der Waals surface area contributed by atoms with Gasteiger partial charge in [-0.25, -0.2) is 14.6 Å². The number of nitrogens with two attached hydrogens (primary N) is 1. The van der Waals surface area contributed by atoms with Gasteiger partial charge >= 0.3 is 0 Å². The van der Waals surface area contributed by atoms with Crippen LogP contribution in [0.2, 0.25) is 0 Å². The monoisotopic (exact) mass is 420 g/mol. The van der Waals surface area contributed by atoms with Gasteiger partial charge in [-0.2, -0.15) is 0 Å². The van der Waals surface area contributed by atoms with Gasteiger partial charge in [0.05, 0.1) is 23.4 Å². The number of hydrogen-bond donors (Lipinski definition) is 1.